The molecule has 0 aromatic heterocycles. The summed E-state index contributed by atoms with van der Waals surface area (Å²) in [7, 11) is -3.47. The van der Waals surface area contributed by atoms with E-state index in [0.29, 0.717) is 24.2 Å². The Kier molecular flexibility index (Phi) is 6.30. The van der Waals surface area contributed by atoms with Gasteiger partial charge in [0.2, 0.25) is 5.91 Å². The summed E-state index contributed by atoms with van der Waals surface area (Å²) < 4.78 is 24.8. The molecule has 0 saturated carbocycles. The van der Waals surface area contributed by atoms with Gasteiger partial charge in [-0.25, -0.2) is 8.42 Å². The van der Waals surface area contributed by atoms with E-state index in [9.17, 15) is 18.0 Å². The first-order valence-electron chi connectivity index (χ1n) is 7.78. The Morgan fingerprint density at radius 2 is 1.48 bits per heavy atom. The maximum atomic E-state index is 12.4. The number of sulfone groups is 1. The summed E-state index contributed by atoms with van der Waals surface area (Å²) in [6, 6.07) is 14.7. The summed E-state index contributed by atoms with van der Waals surface area (Å²) in [6.07, 6.45) is 0. The van der Waals surface area contributed by atoms with E-state index in [1.807, 2.05) is 6.07 Å². The quantitative estimate of drug-likeness (QED) is 0.733. The SMILES string of the molecule is CC(=O)NCCNC(=O)c1ccc(S(=O)(=O)Cc2ccccc2)cc1. The molecule has 0 aliphatic carbocycles. The molecule has 0 saturated heterocycles. The van der Waals surface area contributed by atoms with Gasteiger partial charge in [0, 0.05) is 25.6 Å². The number of amides is 2. The van der Waals surface area contributed by atoms with Crippen molar-refractivity contribution >= 4 is 21.7 Å². The highest BCUT2D eigenvalue weighted by atomic mass is 32.2. The lowest BCUT2D eigenvalue weighted by Crippen LogP contribution is -2.33. The van der Waals surface area contributed by atoms with Crippen LogP contribution >= 0.6 is 0 Å². The maximum Gasteiger partial charge on any atom is 0.251 e. The third-order valence-electron chi connectivity index (χ3n) is 3.46. The van der Waals surface area contributed by atoms with Crippen molar-refractivity contribution in [2.45, 2.75) is 17.6 Å². The number of carbonyl (C=O) groups excluding carboxylic acids is 2. The molecule has 0 fully saturated rings. The Morgan fingerprint density at radius 3 is 2.08 bits per heavy atom. The Bertz CT molecular complexity index is 831. The molecular weight excluding hydrogens is 340 g/mol. The van der Waals surface area contributed by atoms with Gasteiger partial charge in [0.15, 0.2) is 9.84 Å². The van der Waals surface area contributed by atoms with Gasteiger partial charge < -0.3 is 10.6 Å². The minimum Gasteiger partial charge on any atom is -0.355 e. The highest BCUT2D eigenvalue weighted by Gasteiger charge is 2.16. The second-order valence-electron chi connectivity index (χ2n) is 5.51. The van der Waals surface area contributed by atoms with Crippen LogP contribution in [0.2, 0.25) is 0 Å². The topological polar surface area (TPSA) is 92.3 Å². The third-order valence-corrected chi connectivity index (χ3v) is 5.16. The number of hydrogen-bond acceptors (Lipinski definition) is 4. The molecular formula is C18H20N2O4S. The zero-order chi connectivity index (χ0) is 18.3. The van der Waals surface area contributed by atoms with Crippen molar-refractivity contribution in [2.75, 3.05) is 13.1 Å². The predicted molar refractivity (Wildman–Crippen MR) is 94.8 cm³/mol. The van der Waals surface area contributed by atoms with Gasteiger partial charge in [-0.05, 0) is 29.8 Å². The van der Waals surface area contributed by atoms with Gasteiger partial charge in [-0.15, -0.1) is 0 Å². The number of carbonyl (C=O) groups is 2. The Balaban J connectivity index is 1.99. The highest BCUT2D eigenvalue weighted by molar-refractivity contribution is 7.90. The Morgan fingerprint density at radius 1 is 0.880 bits per heavy atom. The van der Waals surface area contributed by atoms with E-state index in [1.54, 1.807) is 24.3 Å². The van der Waals surface area contributed by atoms with Crippen LogP contribution in [0.5, 0.6) is 0 Å². The van der Waals surface area contributed by atoms with Crippen LogP contribution in [0, 0.1) is 0 Å². The van der Waals surface area contributed by atoms with E-state index in [0.717, 1.165) is 0 Å². The van der Waals surface area contributed by atoms with Crippen LogP contribution in [-0.4, -0.2) is 33.3 Å². The van der Waals surface area contributed by atoms with Crippen molar-refractivity contribution in [3.05, 3.63) is 65.7 Å². The highest BCUT2D eigenvalue weighted by Crippen LogP contribution is 2.17. The van der Waals surface area contributed by atoms with Gasteiger partial charge in [0.05, 0.1) is 10.6 Å². The fraction of sp³-hybridized carbons (Fsp3) is 0.222. The van der Waals surface area contributed by atoms with Crippen LogP contribution in [0.15, 0.2) is 59.5 Å². The van der Waals surface area contributed by atoms with Gasteiger partial charge in [-0.1, -0.05) is 30.3 Å². The molecule has 7 heteroatoms. The number of hydrogen-bond donors (Lipinski definition) is 2. The molecule has 0 spiro atoms. The lowest BCUT2D eigenvalue weighted by atomic mass is 10.2. The van der Waals surface area contributed by atoms with Crippen molar-refractivity contribution in [1.29, 1.82) is 0 Å². The molecule has 0 heterocycles. The van der Waals surface area contributed by atoms with Gasteiger partial charge >= 0.3 is 0 Å². The standard InChI is InChI=1S/C18H20N2O4S/c1-14(21)19-11-12-20-18(22)16-7-9-17(10-8-16)25(23,24)13-15-5-3-2-4-6-15/h2-10H,11-13H2,1H3,(H,19,21)(H,20,22). The number of benzene rings is 2. The first-order chi connectivity index (χ1) is 11.9. The van der Waals surface area contributed by atoms with E-state index in [-0.39, 0.29) is 22.5 Å². The second kappa shape index (κ2) is 8.43. The molecule has 2 aromatic carbocycles. The summed E-state index contributed by atoms with van der Waals surface area (Å²) >= 11 is 0. The molecule has 2 aromatic rings. The molecule has 25 heavy (non-hydrogen) atoms. The van der Waals surface area contributed by atoms with Crippen LogP contribution in [0.25, 0.3) is 0 Å². The molecule has 2 rings (SSSR count). The van der Waals surface area contributed by atoms with Crippen LogP contribution in [0.4, 0.5) is 0 Å². The maximum absolute atomic E-state index is 12.4. The smallest absolute Gasteiger partial charge is 0.251 e. The molecule has 0 aliphatic heterocycles. The minimum absolute atomic E-state index is 0.0872. The molecule has 2 N–H and O–H groups in total. The molecule has 6 nitrogen and oxygen atoms in total. The van der Waals surface area contributed by atoms with E-state index < -0.39 is 9.84 Å². The first kappa shape index (κ1) is 18.7. The van der Waals surface area contributed by atoms with Crippen molar-refractivity contribution in [1.82, 2.24) is 10.6 Å². The molecule has 0 unspecified atom stereocenters. The molecule has 0 atom stereocenters. The minimum atomic E-state index is -3.47. The largest absolute Gasteiger partial charge is 0.355 e. The Hall–Kier alpha value is -2.67. The lowest BCUT2D eigenvalue weighted by molar-refractivity contribution is -0.118. The normalized spacial score (nSPS) is 10.9. The van der Waals surface area contributed by atoms with Crippen molar-refractivity contribution in [2.24, 2.45) is 0 Å². The van der Waals surface area contributed by atoms with Crippen molar-refractivity contribution < 1.29 is 18.0 Å². The lowest BCUT2D eigenvalue weighted by Gasteiger charge is -2.08. The molecule has 132 valence electrons. The summed E-state index contributed by atoms with van der Waals surface area (Å²) in [5, 5.41) is 5.22. The monoisotopic (exact) mass is 360 g/mol. The summed E-state index contributed by atoms with van der Waals surface area (Å²) in [4.78, 5) is 22.9. The van der Waals surface area contributed by atoms with E-state index >= 15 is 0 Å². The summed E-state index contributed by atoms with van der Waals surface area (Å²) in [5.74, 6) is -0.574. The fourth-order valence-corrected chi connectivity index (χ4v) is 3.56. The molecule has 0 bridgehead atoms. The van der Waals surface area contributed by atoms with E-state index in [1.165, 1.54) is 31.2 Å². The van der Waals surface area contributed by atoms with Crippen LogP contribution in [0.1, 0.15) is 22.8 Å². The average Bonchev–Trinajstić information content (AvgIpc) is 2.59. The number of rotatable bonds is 7. The first-order valence-corrected chi connectivity index (χ1v) is 9.43. The summed E-state index contributed by atoms with van der Waals surface area (Å²) in [6.45, 7) is 2.04. The van der Waals surface area contributed by atoms with Crippen LogP contribution in [0.3, 0.4) is 0 Å². The van der Waals surface area contributed by atoms with Gasteiger partial charge in [-0.2, -0.15) is 0 Å². The van der Waals surface area contributed by atoms with Crippen molar-refractivity contribution in [3.63, 3.8) is 0 Å². The van der Waals surface area contributed by atoms with Gasteiger partial charge in [-0.3, -0.25) is 9.59 Å². The molecule has 0 aliphatic rings. The molecule has 2 amide bonds. The zero-order valence-electron chi connectivity index (χ0n) is 13.9. The van der Waals surface area contributed by atoms with Gasteiger partial charge in [0.25, 0.3) is 5.91 Å². The van der Waals surface area contributed by atoms with E-state index in [2.05, 4.69) is 10.6 Å². The summed E-state index contributed by atoms with van der Waals surface area (Å²) in [5.41, 5.74) is 1.07. The van der Waals surface area contributed by atoms with Gasteiger partial charge in [0.1, 0.15) is 0 Å². The molecule has 0 radical (unpaired) electrons. The van der Waals surface area contributed by atoms with Crippen LogP contribution < -0.4 is 10.6 Å². The van der Waals surface area contributed by atoms with Crippen molar-refractivity contribution in [3.8, 4) is 0 Å². The fourth-order valence-electron chi connectivity index (χ4n) is 2.21. The number of nitrogens with one attached hydrogen (secondary N) is 2. The van der Waals surface area contributed by atoms with E-state index in [4.69, 9.17) is 0 Å². The van der Waals surface area contributed by atoms with Crippen LogP contribution in [-0.2, 0) is 20.4 Å². The average molecular weight is 360 g/mol. The zero-order valence-corrected chi connectivity index (χ0v) is 14.7. The predicted octanol–water partition coefficient (Wildman–Crippen LogP) is 1.53. The Labute approximate surface area is 147 Å². The third kappa shape index (κ3) is 5.72. The second-order valence-corrected chi connectivity index (χ2v) is 7.50.